The van der Waals surface area contributed by atoms with Crippen molar-refractivity contribution in [2.45, 2.75) is 4.90 Å². The van der Waals surface area contributed by atoms with Crippen molar-refractivity contribution in [3.63, 3.8) is 0 Å². The van der Waals surface area contributed by atoms with Gasteiger partial charge in [-0.1, -0.05) is 0 Å². The minimum Gasteiger partial charge on any atom is -0.477 e. The molecule has 0 aliphatic carbocycles. The Kier molecular flexibility index (Phi) is 4.62. The van der Waals surface area contributed by atoms with Crippen molar-refractivity contribution in [2.75, 3.05) is 25.6 Å². The lowest BCUT2D eigenvalue weighted by molar-refractivity contribution is 0.0686. The number of carboxylic acid groups (broad SMARTS) is 1. The summed E-state index contributed by atoms with van der Waals surface area (Å²) in [6.45, 7) is -0.196. The summed E-state index contributed by atoms with van der Waals surface area (Å²) < 4.78 is 48.5. The van der Waals surface area contributed by atoms with Gasteiger partial charge in [-0.2, -0.15) is 4.31 Å². The van der Waals surface area contributed by atoms with Gasteiger partial charge in [-0.25, -0.2) is 21.6 Å². The number of carboxylic acids is 1. The van der Waals surface area contributed by atoms with E-state index in [1.165, 1.54) is 24.9 Å². The van der Waals surface area contributed by atoms with Crippen LogP contribution in [0.3, 0.4) is 0 Å². The van der Waals surface area contributed by atoms with Gasteiger partial charge < -0.3 is 9.67 Å². The van der Waals surface area contributed by atoms with Crippen molar-refractivity contribution in [3.05, 3.63) is 18.0 Å². The molecule has 0 atom stereocenters. The topological polar surface area (TPSA) is 114 Å². The molecule has 8 nitrogen and oxygen atoms in total. The first-order valence-corrected chi connectivity index (χ1v) is 8.99. The van der Waals surface area contributed by atoms with E-state index in [2.05, 4.69) is 0 Å². The monoisotopic (exact) mass is 324 g/mol. The van der Waals surface area contributed by atoms with Crippen molar-refractivity contribution >= 4 is 25.8 Å². The second-order valence-corrected chi connectivity index (χ2v) is 8.74. The van der Waals surface area contributed by atoms with E-state index in [4.69, 9.17) is 5.11 Å². The van der Waals surface area contributed by atoms with Gasteiger partial charge in [0, 0.05) is 33.1 Å². The molecule has 0 aliphatic rings. The Hall–Kier alpha value is -1.39. The minimum atomic E-state index is -3.91. The van der Waals surface area contributed by atoms with Crippen LogP contribution >= 0.6 is 0 Å². The molecule has 1 aromatic rings. The molecule has 1 N–H and O–H groups in total. The SMILES string of the molecule is CN(CCS(C)(=O)=O)S(=O)(=O)c1cc(C(=O)O)n(C)c1. The van der Waals surface area contributed by atoms with Gasteiger partial charge in [0.25, 0.3) is 0 Å². The van der Waals surface area contributed by atoms with Gasteiger partial charge in [0.2, 0.25) is 10.0 Å². The highest BCUT2D eigenvalue weighted by Crippen LogP contribution is 2.17. The highest BCUT2D eigenvalue weighted by Gasteiger charge is 2.25. The van der Waals surface area contributed by atoms with Crippen LogP contribution in [0.5, 0.6) is 0 Å². The first-order valence-electron chi connectivity index (χ1n) is 5.49. The number of sulfonamides is 1. The van der Waals surface area contributed by atoms with Gasteiger partial charge in [0.15, 0.2) is 0 Å². The molecule has 0 saturated carbocycles. The van der Waals surface area contributed by atoms with Gasteiger partial charge in [0.05, 0.1) is 5.75 Å². The van der Waals surface area contributed by atoms with Crippen LogP contribution in [0.4, 0.5) is 0 Å². The number of aryl methyl sites for hydroxylation is 1. The second-order valence-electron chi connectivity index (χ2n) is 4.43. The fourth-order valence-electron chi connectivity index (χ4n) is 1.48. The lowest BCUT2D eigenvalue weighted by atomic mass is 10.4. The number of sulfone groups is 1. The second kappa shape index (κ2) is 5.54. The summed E-state index contributed by atoms with van der Waals surface area (Å²) in [7, 11) is -4.54. The summed E-state index contributed by atoms with van der Waals surface area (Å²) in [5, 5.41) is 8.88. The molecule has 0 bridgehead atoms. The van der Waals surface area contributed by atoms with Crippen molar-refractivity contribution < 1.29 is 26.7 Å². The molecule has 1 heterocycles. The Balaban J connectivity index is 3.05. The largest absolute Gasteiger partial charge is 0.477 e. The Morgan fingerprint density at radius 2 is 1.90 bits per heavy atom. The van der Waals surface area contributed by atoms with Crippen LogP contribution in [-0.4, -0.2) is 62.4 Å². The number of carbonyl (C=O) groups is 1. The zero-order chi connectivity index (χ0) is 15.7. The van der Waals surface area contributed by atoms with E-state index in [1.807, 2.05) is 0 Å². The van der Waals surface area contributed by atoms with E-state index < -0.39 is 25.8 Å². The number of hydrogen-bond donors (Lipinski definition) is 1. The average Bonchev–Trinajstić information content (AvgIpc) is 2.67. The average molecular weight is 324 g/mol. The van der Waals surface area contributed by atoms with Crippen LogP contribution in [0.2, 0.25) is 0 Å². The van der Waals surface area contributed by atoms with Crippen LogP contribution in [0.25, 0.3) is 0 Å². The quantitative estimate of drug-likeness (QED) is 0.746. The van der Waals surface area contributed by atoms with Crippen molar-refractivity contribution in [3.8, 4) is 0 Å². The normalized spacial score (nSPS) is 12.8. The fourth-order valence-corrected chi connectivity index (χ4v) is 3.45. The Morgan fingerprint density at radius 3 is 2.30 bits per heavy atom. The molecule has 0 aromatic carbocycles. The lowest BCUT2D eigenvalue weighted by Crippen LogP contribution is -2.31. The van der Waals surface area contributed by atoms with Crippen molar-refractivity contribution in [2.24, 2.45) is 7.05 Å². The molecule has 0 aliphatic heterocycles. The number of hydrogen-bond acceptors (Lipinski definition) is 5. The fraction of sp³-hybridized carbons (Fsp3) is 0.500. The van der Waals surface area contributed by atoms with Gasteiger partial charge in [-0.15, -0.1) is 0 Å². The number of rotatable bonds is 6. The molecule has 0 amide bonds. The van der Waals surface area contributed by atoms with E-state index in [9.17, 15) is 21.6 Å². The summed E-state index contributed by atoms with van der Waals surface area (Å²) in [5.74, 6) is -1.55. The lowest BCUT2D eigenvalue weighted by Gasteiger charge is -2.15. The molecule has 0 unspecified atom stereocenters. The molecule has 0 saturated heterocycles. The number of aromatic nitrogens is 1. The van der Waals surface area contributed by atoms with Gasteiger partial charge in [-0.3, -0.25) is 0 Å². The molecule has 1 aromatic heterocycles. The molecule has 10 heteroatoms. The van der Waals surface area contributed by atoms with Crippen LogP contribution < -0.4 is 0 Å². The summed E-state index contributed by atoms with van der Waals surface area (Å²) in [5.41, 5.74) is -0.167. The van der Waals surface area contributed by atoms with Crippen LogP contribution in [0.15, 0.2) is 17.2 Å². The smallest absolute Gasteiger partial charge is 0.352 e. The first-order chi connectivity index (χ1) is 8.95. The zero-order valence-corrected chi connectivity index (χ0v) is 12.9. The maximum atomic E-state index is 12.2. The van der Waals surface area contributed by atoms with Crippen LogP contribution in [0.1, 0.15) is 10.5 Å². The van der Waals surface area contributed by atoms with Crippen LogP contribution in [0, 0.1) is 0 Å². The number of aromatic carboxylic acids is 1. The summed E-state index contributed by atoms with van der Waals surface area (Å²) in [6, 6.07) is 1.04. The Bertz CT molecular complexity index is 717. The molecule has 20 heavy (non-hydrogen) atoms. The molecular formula is C10H16N2O6S2. The Labute approximate surface area is 117 Å². The molecule has 0 spiro atoms. The Morgan fingerprint density at radius 1 is 1.35 bits per heavy atom. The molecule has 0 radical (unpaired) electrons. The van der Waals surface area contributed by atoms with Gasteiger partial charge in [-0.05, 0) is 6.07 Å². The minimum absolute atomic E-state index is 0.167. The van der Waals surface area contributed by atoms with Gasteiger partial charge in [0.1, 0.15) is 20.4 Å². The number of nitrogens with zero attached hydrogens (tertiary/aromatic N) is 2. The van der Waals surface area contributed by atoms with E-state index >= 15 is 0 Å². The van der Waals surface area contributed by atoms with E-state index in [0.29, 0.717) is 0 Å². The van der Waals surface area contributed by atoms with Crippen molar-refractivity contribution in [1.82, 2.24) is 8.87 Å². The van der Waals surface area contributed by atoms with E-state index in [-0.39, 0.29) is 22.9 Å². The third-order valence-electron chi connectivity index (χ3n) is 2.68. The maximum Gasteiger partial charge on any atom is 0.352 e. The zero-order valence-electron chi connectivity index (χ0n) is 11.3. The highest BCUT2D eigenvalue weighted by atomic mass is 32.2. The van der Waals surface area contributed by atoms with E-state index in [1.54, 1.807) is 0 Å². The van der Waals surface area contributed by atoms with Crippen molar-refractivity contribution in [1.29, 1.82) is 0 Å². The third-order valence-corrected chi connectivity index (χ3v) is 5.43. The third kappa shape index (κ3) is 3.81. The predicted molar refractivity (Wildman–Crippen MR) is 71.9 cm³/mol. The molecular weight excluding hydrogens is 308 g/mol. The highest BCUT2D eigenvalue weighted by molar-refractivity contribution is 7.91. The standard InChI is InChI=1S/C10H16N2O6S2/c1-11-7-8(6-9(11)10(13)14)20(17,18)12(2)4-5-19(3,15)16/h6-7H,4-5H2,1-3H3,(H,13,14). The molecule has 0 fully saturated rings. The van der Waals surface area contributed by atoms with Gasteiger partial charge >= 0.3 is 5.97 Å². The summed E-state index contributed by atoms with van der Waals surface area (Å²) in [4.78, 5) is 10.7. The predicted octanol–water partition coefficient (Wildman–Crippen LogP) is -0.612. The summed E-state index contributed by atoms with van der Waals surface area (Å²) >= 11 is 0. The summed E-state index contributed by atoms with van der Waals surface area (Å²) in [6.07, 6.45) is 2.19. The molecule has 1 rings (SSSR count). The van der Waals surface area contributed by atoms with E-state index in [0.717, 1.165) is 16.6 Å². The molecule has 114 valence electrons. The van der Waals surface area contributed by atoms with Crippen LogP contribution in [-0.2, 0) is 26.9 Å². The maximum absolute atomic E-state index is 12.2. The first kappa shape index (κ1) is 16.7.